The minimum Gasteiger partial charge on any atom is -0.478 e. The highest BCUT2D eigenvalue weighted by Gasteiger charge is 1.97. The minimum absolute atomic E-state index is 0. The number of carboxylic acid groups (broad SMARTS) is 1. The zero-order chi connectivity index (χ0) is 7.98. The molecule has 0 aromatic heterocycles. The summed E-state index contributed by atoms with van der Waals surface area (Å²) in [6.07, 6.45) is 5.00. The summed E-state index contributed by atoms with van der Waals surface area (Å²) >= 11 is 0. The van der Waals surface area contributed by atoms with E-state index in [-0.39, 0.29) is 7.43 Å². The van der Waals surface area contributed by atoms with Crippen molar-refractivity contribution in [2.75, 3.05) is 0 Å². The molecule has 0 unspecified atom stereocenters. The standard InChI is InChI=1S/C8H14O2.CH4/c1-3-7(4-2)5-6-8(9)10;/h5-7H,3-4H2,1-2H3,(H,9,10);1H4/b6-5+;. The maximum Gasteiger partial charge on any atom is 0.327 e. The second-order valence-corrected chi connectivity index (χ2v) is 2.27. The van der Waals surface area contributed by atoms with Gasteiger partial charge in [-0.25, -0.2) is 4.79 Å². The molecule has 0 radical (unpaired) electrons. The first-order valence-electron chi connectivity index (χ1n) is 3.61. The first-order chi connectivity index (χ1) is 4.70. The van der Waals surface area contributed by atoms with Crippen LogP contribution >= 0.6 is 0 Å². The van der Waals surface area contributed by atoms with Gasteiger partial charge < -0.3 is 5.11 Å². The summed E-state index contributed by atoms with van der Waals surface area (Å²) in [5.41, 5.74) is 0. The molecule has 0 aliphatic carbocycles. The Kier molecular flexibility index (Phi) is 8.55. The molecule has 0 spiro atoms. The van der Waals surface area contributed by atoms with Gasteiger partial charge in [0.15, 0.2) is 0 Å². The Hall–Kier alpha value is -0.790. The highest BCUT2D eigenvalue weighted by Crippen LogP contribution is 2.07. The van der Waals surface area contributed by atoms with Gasteiger partial charge in [0.1, 0.15) is 0 Å². The van der Waals surface area contributed by atoms with E-state index >= 15 is 0 Å². The van der Waals surface area contributed by atoms with Gasteiger partial charge in [-0.05, 0) is 18.8 Å². The van der Waals surface area contributed by atoms with Crippen LogP contribution < -0.4 is 0 Å². The number of allylic oxidation sites excluding steroid dienone is 1. The van der Waals surface area contributed by atoms with Crippen molar-refractivity contribution in [2.24, 2.45) is 5.92 Å². The van der Waals surface area contributed by atoms with E-state index in [1.165, 1.54) is 6.08 Å². The molecule has 0 saturated heterocycles. The summed E-state index contributed by atoms with van der Waals surface area (Å²) in [7, 11) is 0. The van der Waals surface area contributed by atoms with E-state index in [0.29, 0.717) is 5.92 Å². The van der Waals surface area contributed by atoms with Gasteiger partial charge in [-0.15, -0.1) is 0 Å². The van der Waals surface area contributed by atoms with Crippen LogP contribution in [0, 0.1) is 5.92 Å². The molecule has 0 aliphatic heterocycles. The summed E-state index contributed by atoms with van der Waals surface area (Å²) in [6, 6.07) is 0. The lowest BCUT2D eigenvalue weighted by Crippen LogP contribution is -1.93. The molecule has 0 aromatic rings. The molecule has 2 heteroatoms. The van der Waals surface area contributed by atoms with Crippen molar-refractivity contribution in [3.05, 3.63) is 12.2 Å². The third-order valence-corrected chi connectivity index (χ3v) is 1.56. The molecule has 0 aliphatic rings. The minimum atomic E-state index is -0.855. The summed E-state index contributed by atoms with van der Waals surface area (Å²) < 4.78 is 0. The zero-order valence-corrected chi connectivity index (χ0v) is 6.50. The average molecular weight is 158 g/mol. The molecule has 1 N–H and O–H groups in total. The molecule has 0 fully saturated rings. The van der Waals surface area contributed by atoms with Gasteiger partial charge in [0.05, 0.1) is 0 Å². The second kappa shape index (κ2) is 7.32. The van der Waals surface area contributed by atoms with E-state index in [1.807, 2.05) is 0 Å². The highest BCUT2D eigenvalue weighted by atomic mass is 16.4. The van der Waals surface area contributed by atoms with Gasteiger partial charge >= 0.3 is 5.97 Å². The first kappa shape index (κ1) is 12.8. The lowest BCUT2D eigenvalue weighted by Gasteiger charge is -2.02. The molecule has 0 rings (SSSR count). The Morgan fingerprint density at radius 1 is 1.45 bits per heavy atom. The third kappa shape index (κ3) is 7.10. The molecule has 0 saturated carbocycles. The molecule has 0 aromatic carbocycles. The topological polar surface area (TPSA) is 37.3 Å². The SMILES string of the molecule is C.CCC(/C=C/C(=O)O)CC. The smallest absolute Gasteiger partial charge is 0.327 e. The number of hydrogen-bond donors (Lipinski definition) is 1. The molecule has 0 amide bonds. The fourth-order valence-electron chi connectivity index (χ4n) is 0.779. The summed E-state index contributed by atoms with van der Waals surface area (Å²) in [6.45, 7) is 4.11. The lowest BCUT2D eigenvalue weighted by molar-refractivity contribution is -0.131. The number of hydrogen-bond acceptors (Lipinski definition) is 1. The van der Waals surface area contributed by atoms with Crippen molar-refractivity contribution in [1.82, 2.24) is 0 Å². The van der Waals surface area contributed by atoms with E-state index in [2.05, 4.69) is 13.8 Å². The van der Waals surface area contributed by atoms with Gasteiger partial charge in [-0.1, -0.05) is 27.4 Å². The maximum atomic E-state index is 10.0. The van der Waals surface area contributed by atoms with Crippen molar-refractivity contribution in [1.29, 1.82) is 0 Å². The van der Waals surface area contributed by atoms with Crippen molar-refractivity contribution >= 4 is 5.97 Å². The Morgan fingerprint density at radius 3 is 2.18 bits per heavy atom. The van der Waals surface area contributed by atoms with Crippen LogP contribution in [0.3, 0.4) is 0 Å². The van der Waals surface area contributed by atoms with Gasteiger partial charge in [-0.3, -0.25) is 0 Å². The van der Waals surface area contributed by atoms with Gasteiger partial charge in [0.25, 0.3) is 0 Å². The number of aliphatic carboxylic acids is 1. The molecule has 11 heavy (non-hydrogen) atoms. The van der Waals surface area contributed by atoms with Gasteiger partial charge in [0, 0.05) is 6.08 Å². The fraction of sp³-hybridized carbons (Fsp3) is 0.667. The normalized spacial score (nSPS) is 10.1. The fourth-order valence-corrected chi connectivity index (χ4v) is 0.779. The van der Waals surface area contributed by atoms with Crippen LogP contribution in [0.4, 0.5) is 0 Å². The van der Waals surface area contributed by atoms with E-state index in [1.54, 1.807) is 6.08 Å². The Balaban J connectivity index is 0. The number of rotatable bonds is 4. The largest absolute Gasteiger partial charge is 0.478 e. The number of carboxylic acids is 1. The maximum absolute atomic E-state index is 10.0. The summed E-state index contributed by atoms with van der Waals surface area (Å²) in [5, 5.41) is 8.27. The Bertz CT molecular complexity index is 124. The summed E-state index contributed by atoms with van der Waals surface area (Å²) in [4.78, 5) is 10.0. The van der Waals surface area contributed by atoms with Crippen molar-refractivity contribution < 1.29 is 9.90 Å². The Morgan fingerprint density at radius 2 is 1.91 bits per heavy atom. The van der Waals surface area contributed by atoms with Crippen LogP contribution in [0.2, 0.25) is 0 Å². The second-order valence-electron chi connectivity index (χ2n) is 2.27. The molecular formula is C9H18O2. The van der Waals surface area contributed by atoms with Crippen LogP contribution in [0.5, 0.6) is 0 Å². The third-order valence-electron chi connectivity index (χ3n) is 1.56. The molecular weight excluding hydrogens is 140 g/mol. The van der Waals surface area contributed by atoms with E-state index in [9.17, 15) is 4.79 Å². The van der Waals surface area contributed by atoms with Crippen LogP contribution in [-0.2, 0) is 4.79 Å². The molecule has 0 bridgehead atoms. The van der Waals surface area contributed by atoms with Crippen LogP contribution in [0.15, 0.2) is 12.2 Å². The van der Waals surface area contributed by atoms with Gasteiger partial charge in [0.2, 0.25) is 0 Å². The monoisotopic (exact) mass is 158 g/mol. The van der Waals surface area contributed by atoms with Gasteiger partial charge in [-0.2, -0.15) is 0 Å². The average Bonchev–Trinajstić information content (AvgIpc) is 1.90. The summed E-state index contributed by atoms with van der Waals surface area (Å²) in [5.74, 6) is -0.428. The quantitative estimate of drug-likeness (QED) is 0.639. The molecule has 0 atom stereocenters. The van der Waals surface area contributed by atoms with E-state index < -0.39 is 5.97 Å². The predicted octanol–water partition coefficient (Wildman–Crippen LogP) is 2.70. The highest BCUT2D eigenvalue weighted by molar-refractivity contribution is 5.79. The molecule has 0 heterocycles. The van der Waals surface area contributed by atoms with Crippen molar-refractivity contribution in [2.45, 2.75) is 34.1 Å². The first-order valence-corrected chi connectivity index (χ1v) is 3.61. The van der Waals surface area contributed by atoms with Crippen LogP contribution in [0.1, 0.15) is 34.1 Å². The van der Waals surface area contributed by atoms with Crippen molar-refractivity contribution in [3.8, 4) is 0 Å². The Labute approximate surface area is 68.9 Å². The molecule has 2 nitrogen and oxygen atoms in total. The van der Waals surface area contributed by atoms with Crippen LogP contribution in [0.25, 0.3) is 0 Å². The van der Waals surface area contributed by atoms with Crippen LogP contribution in [-0.4, -0.2) is 11.1 Å². The molecule has 66 valence electrons. The van der Waals surface area contributed by atoms with Crippen molar-refractivity contribution in [3.63, 3.8) is 0 Å². The lowest BCUT2D eigenvalue weighted by atomic mass is 10.0. The van der Waals surface area contributed by atoms with E-state index in [4.69, 9.17) is 5.11 Å². The number of carbonyl (C=O) groups is 1. The zero-order valence-electron chi connectivity index (χ0n) is 6.50. The predicted molar refractivity (Wildman–Crippen MR) is 47.6 cm³/mol. The van der Waals surface area contributed by atoms with E-state index in [0.717, 1.165) is 12.8 Å².